The second-order valence-electron chi connectivity index (χ2n) is 3.87. The molecule has 0 bridgehead atoms. The Bertz CT molecular complexity index is 540. The number of methoxy groups -OCH3 is 1. The third-order valence-electron chi connectivity index (χ3n) is 2.62. The van der Waals surface area contributed by atoms with E-state index in [2.05, 4.69) is 31.9 Å². The molecule has 96 valence electrons. The van der Waals surface area contributed by atoms with E-state index in [-0.39, 0.29) is 0 Å². The quantitative estimate of drug-likeness (QED) is 0.827. The van der Waals surface area contributed by atoms with Gasteiger partial charge >= 0.3 is 0 Å². The average Bonchev–Trinajstić information content (AvgIpc) is 2.76. The van der Waals surface area contributed by atoms with Crippen molar-refractivity contribution in [2.45, 2.75) is 12.5 Å². The summed E-state index contributed by atoms with van der Waals surface area (Å²) < 4.78 is 7.12. The van der Waals surface area contributed by atoms with Crippen molar-refractivity contribution in [1.82, 2.24) is 0 Å². The molecular formula is C13H12Br2O2S. The predicted molar refractivity (Wildman–Crippen MR) is 81.4 cm³/mol. The molecule has 2 nitrogen and oxygen atoms in total. The minimum Gasteiger partial charge on any atom is -0.496 e. The molecule has 1 aromatic heterocycles. The van der Waals surface area contributed by atoms with E-state index in [0.29, 0.717) is 6.42 Å². The van der Waals surface area contributed by atoms with Crippen LogP contribution in [-0.4, -0.2) is 12.2 Å². The van der Waals surface area contributed by atoms with Crippen LogP contribution in [0.4, 0.5) is 0 Å². The van der Waals surface area contributed by atoms with Crippen LogP contribution in [0.1, 0.15) is 17.2 Å². The first-order chi connectivity index (χ1) is 8.60. The van der Waals surface area contributed by atoms with E-state index in [9.17, 15) is 5.11 Å². The number of benzene rings is 1. The van der Waals surface area contributed by atoms with Gasteiger partial charge in [-0.2, -0.15) is 0 Å². The lowest BCUT2D eigenvalue weighted by molar-refractivity contribution is 0.179. The Kier molecular flexibility index (Phi) is 4.84. The van der Waals surface area contributed by atoms with Crippen LogP contribution in [0.15, 0.2) is 37.9 Å². The van der Waals surface area contributed by atoms with Gasteiger partial charge in [0.15, 0.2) is 0 Å². The first kappa shape index (κ1) is 14.1. The number of hydrogen-bond acceptors (Lipinski definition) is 3. The zero-order chi connectivity index (χ0) is 13.1. The number of halogens is 2. The number of rotatable bonds is 4. The van der Waals surface area contributed by atoms with Crippen LogP contribution in [-0.2, 0) is 6.42 Å². The lowest BCUT2D eigenvalue weighted by Crippen LogP contribution is -2.00. The van der Waals surface area contributed by atoms with Crippen LogP contribution in [0.2, 0.25) is 0 Å². The second kappa shape index (κ2) is 6.19. The van der Waals surface area contributed by atoms with Crippen LogP contribution in [0.5, 0.6) is 5.75 Å². The van der Waals surface area contributed by atoms with Crippen molar-refractivity contribution < 1.29 is 9.84 Å². The summed E-state index contributed by atoms with van der Waals surface area (Å²) >= 11 is 8.43. The first-order valence-electron chi connectivity index (χ1n) is 5.34. The molecule has 2 aromatic rings. The van der Waals surface area contributed by atoms with Crippen LogP contribution in [0.3, 0.4) is 0 Å². The summed E-state index contributed by atoms with van der Waals surface area (Å²) in [6.45, 7) is 0. The van der Waals surface area contributed by atoms with Gasteiger partial charge in [0.1, 0.15) is 5.75 Å². The van der Waals surface area contributed by atoms with Gasteiger partial charge in [-0.25, -0.2) is 0 Å². The molecule has 0 aliphatic carbocycles. The van der Waals surface area contributed by atoms with E-state index in [1.807, 2.05) is 29.6 Å². The lowest BCUT2D eigenvalue weighted by Gasteiger charge is -2.10. The molecule has 0 amide bonds. The summed E-state index contributed by atoms with van der Waals surface area (Å²) in [6.07, 6.45) is 0.110. The molecule has 1 unspecified atom stereocenters. The van der Waals surface area contributed by atoms with E-state index in [0.717, 1.165) is 25.1 Å². The maximum Gasteiger partial charge on any atom is 0.133 e. The molecule has 0 saturated carbocycles. The van der Waals surface area contributed by atoms with E-state index >= 15 is 0 Å². The Hall–Kier alpha value is -0.360. The van der Waals surface area contributed by atoms with E-state index < -0.39 is 6.10 Å². The molecule has 0 spiro atoms. The van der Waals surface area contributed by atoms with Gasteiger partial charge in [-0.05, 0) is 66.6 Å². The van der Waals surface area contributed by atoms with Crippen LogP contribution >= 0.6 is 43.2 Å². The van der Waals surface area contributed by atoms with E-state index in [4.69, 9.17) is 4.74 Å². The molecule has 1 N–H and O–H groups in total. The van der Waals surface area contributed by atoms with Crippen molar-refractivity contribution in [3.8, 4) is 5.75 Å². The second-order valence-corrected chi connectivity index (χ2v) is 7.02. The van der Waals surface area contributed by atoms with Gasteiger partial charge in [-0.1, -0.05) is 6.07 Å². The van der Waals surface area contributed by atoms with E-state index in [1.165, 1.54) is 0 Å². The van der Waals surface area contributed by atoms with Gasteiger partial charge in [0.25, 0.3) is 0 Å². The minimum absolute atomic E-state index is 0.479. The van der Waals surface area contributed by atoms with Gasteiger partial charge in [0, 0.05) is 6.42 Å². The van der Waals surface area contributed by atoms with Crippen molar-refractivity contribution >= 4 is 43.2 Å². The van der Waals surface area contributed by atoms with Crippen molar-refractivity contribution in [1.29, 1.82) is 0 Å². The van der Waals surface area contributed by atoms with Crippen molar-refractivity contribution in [2.24, 2.45) is 0 Å². The Morgan fingerprint density at radius 2 is 2.11 bits per heavy atom. The lowest BCUT2D eigenvalue weighted by atomic mass is 10.0. The van der Waals surface area contributed by atoms with Crippen LogP contribution in [0, 0.1) is 0 Å². The minimum atomic E-state index is -0.479. The molecule has 0 radical (unpaired) electrons. The number of ether oxygens (including phenoxy) is 1. The van der Waals surface area contributed by atoms with Gasteiger partial charge < -0.3 is 9.84 Å². The SMILES string of the molecule is COc1ccc(CC(O)c2csc(Br)c2)cc1Br. The van der Waals surface area contributed by atoms with Gasteiger partial charge in [0.05, 0.1) is 21.5 Å². The summed E-state index contributed by atoms with van der Waals surface area (Å²) in [5, 5.41) is 12.1. The molecule has 1 heterocycles. The highest BCUT2D eigenvalue weighted by atomic mass is 79.9. The largest absolute Gasteiger partial charge is 0.496 e. The van der Waals surface area contributed by atoms with Crippen LogP contribution < -0.4 is 4.74 Å². The molecular weight excluding hydrogens is 380 g/mol. The molecule has 0 fully saturated rings. The normalized spacial score (nSPS) is 12.4. The Labute approximate surface area is 127 Å². The fraction of sp³-hybridized carbons (Fsp3) is 0.231. The first-order valence-corrected chi connectivity index (χ1v) is 7.81. The topological polar surface area (TPSA) is 29.5 Å². The summed E-state index contributed by atoms with van der Waals surface area (Å²) in [6, 6.07) is 7.79. The number of thiophene rings is 1. The van der Waals surface area contributed by atoms with E-state index in [1.54, 1.807) is 18.4 Å². The fourth-order valence-electron chi connectivity index (χ4n) is 1.68. The molecule has 18 heavy (non-hydrogen) atoms. The molecule has 2 rings (SSSR count). The van der Waals surface area contributed by atoms with Gasteiger partial charge in [-0.15, -0.1) is 11.3 Å². The summed E-state index contributed by atoms with van der Waals surface area (Å²) in [4.78, 5) is 0. The highest BCUT2D eigenvalue weighted by Crippen LogP contribution is 2.30. The summed E-state index contributed by atoms with van der Waals surface area (Å²) in [5.74, 6) is 0.798. The predicted octanol–water partition coefficient (Wildman–Crippen LogP) is 4.56. The Balaban J connectivity index is 2.12. The van der Waals surface area contributed by atoms with Gasteiger partial charge in [-0.3, -0.25) is 0 Å². The van der Waals surface area contributed by atoms with Gasteiger partial charge in [0.2, 0.25) is 0 Å². The zero-order valence-corrected chi connectivity index (χ0v) is 13.7. The maximum absolute atomic E-state index is 10.1. The standard InChI is InChI=1S/C13H12Br2O2S/c1-17-12-3-2-8(4-10(12)14)5-11(16)9-6-13(15)18-7-9/h2-4,6-7,11,16H,5H2,1H3. The molecule has 1 aromatic carbocycles. The third kappa shape index (κ3) is 3.35. The third-order valence-corrected chi connectivity index (χ3v) is 4.76. The summed E-state index contributed by atoms with van der Waals surface area (Å²) in [5.41, 5.74) is 2.01. The fourth-order valence-corrected chi connectivity index (χ4v) is 3.49. The van der Waals surface area contributed by atoms with Crippen molar-refractivity contribution in [2.75, 3.05) is 7.11 Å². The molecule has 5 heteroatoms. The Morgan fingerprint density at radius 3 is 2.67 bits per heavy atom. The Morgan fingerprint density at radius 1 is 1.33 bits per heavy atom. The maximum atomic E-state index is 10.1. The molecule has 1 atom stereocenters. The summed E-state index contributed by atoms with van der Waals surface area (Å²) in [7, 11) is 1.64. The number of aliphatic hydroxyl groups excluding tert-OH is 1. The highest BCUT2D eigenvalue weighted by Gasteiger charge is 2.11. The smallest absolute Gasteiger partial charge is 0.133 e. The van der Waals surface area contributed by atoms with Crippen LogP contribution in [0.25, 0.3) is 0 Å². The molecule has 0 aliphatic heterocycles. The monoisotopic (exact) mass is 390 g/mol. The number of aliphatic hydroxyl groups is 1. The number of hydrogen-bond donors (Lipinski definition) is 1. The molecule has 0 saturated heterocycles. The highest BCUT2D eigenvalue weighted by molar-refractivity contribution is 9.11. The van der Waals surface area contributed by atoms with Crippen molar-refractivity contribution in [3.63, 3.8) is 0 Å². The zero-order valence-electron chi connectivity index (χ0n) is 9.69. The van der Waals surface area contributed by atoms with Crippen molar-refractivity contribution in [3.05, 3.63) is 49.0 Å². The average molecular weight is 392 g/mol. The molecule has 0 aliphatic rings.